The molecule has 1 amide bonds. The van der Waals surface area contributed by atoms with Gasteiger partial charge in [0.15, 0.2) is 6.61 Å². The highest BCUT2D eigenvalue weighted by atomic mass is 16.5. The average molecular weight is 260 g/mol. The quantitative estimate of drug-likeness (QED) is 0.839. The van der Waals surface area contributed by atoms with Crippen molar-refractivity contribution in [1.29, 1.82) is 0 Å². The topological polar surface area (TPSA) is 54.1 Å². The highest BCUT2D eigenvalue weighted by Crippen LogP contribution is 2.19. The van der Waals surface area contributed by atoms with Crippen LogP contribution in [0.15, 0.2) is 30.5 Å². The van der Waals surface area contributed by atoms with E-state index in [-0.39, 0.29) is 12.5 Å². The molecular formula is C15H20N2O2. The number of carbonyl (C=O) groups is 1. The molecule has 1 heterocycles. The minimum Gasteiger partial charge on any atom is -0.484 e. The monoisotopic (exact) mass is 260 g/mol. The highest BCUT2D eigenvalue weighted by Gasteiger charge is 2.04. The van der Waals surface area contributed by atoms with Gasteiger partial charge < -0.3 is 15.0 Å². The van der Waals surface area contributed by atoms with Crippen LogP contribution in [0.25, 0.3) is 10.9 Å². The van der Waals surface area contributed by atoms with E-state index >= 15 is 0 Å². The Bertz CT molecular complexity index is 546. The molecule has 0 saturated carbocycles. The van der Waals surface area contributed by atoms with Crippen LogP contribution in [0.2, 0.25) is 0 Å². The van der Waals surface area contributed by atoms with Crippen molar-refractivity contribution in [2.45, 2.75) is 20.3 Å². The number of benzene rings is 1. The van der Waals surface area contributed by atoms with Crippen LogP contribution in [0.5, 0.6) is 5.75 Å². The van der Waals surface area contributed by atoms with E-state index in [0.29, 0.717) is 18.2 Å². The summed E-state index contributed by atoms with van der Waals surface area (Å²) in [5, 5.41) is 3.93. The number of nitrogens with one attached hydrogen (secondary N) is 2. The molecular weight excluding hydrogens is 240 g/mol. The van der Waals surface area contributed by atoms with Gasteiger partial charge in [-0.3, -0.25) is 4.79 Å². The molecule has 1 aromatic heterocycles. The maximum absolute atomic E-state index is 11.6. The number of carbonyl (C=O) groups excluding carboxylic acids is 1. The Morgan fingerprint density at radius 3 is 3.00 bits per heavy atom. The second-order valence-corrected chi connectivity index (χ2v) is 5.05. The number of fused-ring (bicyclic) bond motifs is 1. The standard InChI is InChI=1S/C15H20N2O2/c1-11(2)5-7-17-15(18)10-19-13-3-4-14-12(9-13)6-8-16-14/h3-4,6,8-9,11,16H,5,7,10H2,1-2H3,(H,17,18). The first-order valence-electron chi connectivity index (χ1n) is 6.62. The molecule has 4 heteroatoms. The molecule has 0 fully saturated rings. The first-order valence-corrected chi connectivity index (χ1v) is 6.62. The maximum atomic E-state index is 11.6. The minimum atomic E-state index is -0.0742. The van der Waals surface area contributed by atoms with E-state index in [4.69, 9.17) is 4.74 Å². The minimum absolute atomic E-state index is 0.0635. The van der Waals surface area contributed by atoms with Gasteiger partial charge in [-0.1, -0.05) is 13.8 Å². The van der Waals surface area contributed by atoms with E-state index in [1.165, 1.54) is 0 Å². The zero-order valence-electron chi connectivity index (χ0n) is 11.4. The molecule has 4 nitrogen and oxygen atoms in total. The Morgan fingerprint density at radius 2 is 2.21 bits per heavy atom. The Kier molecular flexibility index (Phi) is 4.44. The number of amides is 1. The van der Waals surface area contributed by atoms with Gasteiger partial charge in [-0.25, -0.2) is 0 Å². The molecule has 2 aromatic rings. The number of H-pyrrole nitrogens is 1. The van der Waals surface area contributed by atoms with Crippen molar-refractivity contribution >= 4 is 16.8 Å². The van der Waals surface area contributed by atoms with Crippen LogP contribution in [0.4, 0.5) is 0 Å². The second kappa shape index (κ2) is 6.27. The summed E-state index contributed by atoms with van der Waals surface area (Å²) < 4.78 is 5.48. The van der Waals surface area contributed by atoms with Crippen molar-refractivity contribution in [1.82, 2.24) is 10.3 Å². The lowest BCUT2D eigenvalue weighted by atomic mass is 10.1. The summed E-state index contributed by atoms with van der Waals surface area (Å²) in [4.78, 5) is 14.7. The molecule has 0 aliphatic heterocycles. The molecule has 1 aromatic carbocycles. The third kappa shape index (κ3) is 4.02. The van der Waals surface area contributed by atoms with Gasteiger partial charge in [0.25, 0.3) is 5.91 Å². The molecule has 2 N–H and O–H groups in total. The van der Waals surface area contributed by atoms with E-state index in [2.05, 4.69) is 24.1 Å². The lowest BCUT2D eigenvalue weighted by Crippen LogP contribution is -2.30. The summed E-state index contributed by atoms with van der Waals surface area (Å²) in [6, 6.07) is 7.71. The first-order chi connectivity index (χ1) is 9.15. The van der Waals surface area contributed by atoms with Crippen molar-refractivity contribution in [3.63, 3.8) is 0 Å². The maximum Gasteiger partial charge on any atom is 0.257 e. The van der Waals surface area contributed by atoms with E-state index in [9.17, 15) is 4.79 Å². The van der Waals surface area contributed by atoms with Crippen LogP contribution in [-0.2, 0) is 4.79 Å². The van der Waals surface area contributed by atoms with Crippen LogP contribution >= 0.6 is 0 Å². The fourth-order valence-electron chi connectivity index (χ4n) is 1.82. The Labute approximate surface area is 113 Å². The number of aromatic amines is 1. The first kappa shape index (κ1) is 13.5. The van der Waals surface area contributed by atoms with Crippen LogP contribution in [0.1, 0.15) is 20.3 Å². The Hall–Kier alpha value is -1.97. The molecule has 0 radical (unpaired) electrons. The Balaban J connectivity index is 1.79. The number of ether oxygens (including phenoxy) is 1. The van der Waals surface area contributed by atoms with Gasteiger partial charge in [-0.15, -0.1) is 0 Å². The van der Waals surface area contributed by atoms with Gasteiger partial charge in [0.1, 0.15) is 5.75 Å². The van der Waals surface area contributed by atoms with E-state index in [1.807, 2.05) is 30.5 Å². The van der Waals surface area contributed by atoms with Gasteiger partial charge in [-0.05, 0) is 36.6 Å². The van der Waals surface area contributed by atoms with Crippen LogP contribution in [-0.4, -0.2) is 24.0 Å². The second-order valence-electron chi connectivity index (χ2n) is 5.05. The van der Waals surface area contributed by atoms with Crippen molar-refractivity contribution in [2.24, 2.45) is 5.92 Å². The number of rotatable bonds is 6. The molecule has 19 heavy (non-hydrogen) atoms. The van der Waals surface area contributed by atoms with Gasteiger partial charge >= 0.3 is 0 Å². The summed E-state index contributed by atoms with van der Waals surface area (Å²) in [5.41, 5.74) is 1.06. The lowest BCUT2D eigenvalue weighted by molar-refractivity contribution is -0.123. The summed E-state index contributed by atoms with van der Waals surface area (Å²) in [5.74, 6) is 1.23. The predicted molar refractivity (Wildman–Crippen MR) is 76.3 cm³/mol. The normalized spacial score (nSPS) is 10.9. The zero-order valence-corrected chi connectivity index (χ0v) is 11.4. The third-order valence-electron chi connectivity index (χ3n) is 2.94. The number of aromatic nitrogens is 1. The number of hydrogen-bond acceptors (Lipinski definition) is 2. The SMILES string of the molecule is CC(C)CCNC(=O)COc1ccc2[nH]ccc2c1. The van der Waals surface area contributed by atoms with Gasteiger partial charge in [0, 0.05) is 23.6 Å². The van der Waals surface area contributed by atoms with Crippen molar-refractivity contribution in [2.75, 3.05) is 13.2 Å². The van der Waals surface area contributed by atoms with Gasteiger partial charge in [-0.2, -0.15) is 0 Å². The fraction of sp³-hybridized carbons (Fsp3) is 0.400. The molecule has 0 aliphatic carbocycles. The van der Waals surface area contributed by atoms with Gasteiger partial charge in [0.05, 0.1) is 0 Å². The van der Waals surface area contributed by atoms with Crippen molar-refractivity contribution in [3.05, 3.63) is 30.5 Å². The van der Waals surface area contributed by atoms with E-state index in [0.717, 1.165) is 17.3 Å². The third-order valence-corrected chi connectivity index (χ3v) is 2.94. The smallest absolute Gasteiger partial charge is 0.257 e. The summed E-state index contributed by atoms with van der Waals surface area (Å²) in [6.45, 7) is 5.04. The Morgan fingerprint density at radius 1 is 1.37 bits per heavy atom. The molecule has 0 unspecified atom stereocenters. The molecule has 0 spiro atoms. The summed E-state index contributed by atoms with van der Waals surface area (Å²) in [7, 11) is 0. The molecule has 0 saturated heterocycles. The fourth-order valence-corrected chi connectivity index (χ4v) is 1.82. The predicted octanol–water partition coefficient (Wildman–Crippen LogP) is 2.71. The molecule has 102 valence electrons. The molecule has 0 atom stereocenters. The molecule has 0 bridgehead atoms. The highest BCUT2D eigenvalue weighted by molar-refractivity contribution is 5.81. The van der Waals surface area contributed by atoms with Crippen LogP contribution in [0, 0.1) is 5.92 Å². The van der Waals surface area contributed by atoms with Crippen LogP contribution in [0.3, 0.4) is 0 Å². The zero-order chi connectivity index (χ0) is 13.7. The van der Waals surface area contributed by atoms with E-state index in [1.54, 1.807) is 0 Å². The number of hydrogen-bond donors (Lipinski definition) is 2. The largest absolute Gasteiger partial charge is 0.484 e. The van der Waals surface area contributed by atoms with Gasteiger partial charge in [0.2, 0.25) is 0 Å². The lowest BCUT2D eigenvalue weighted by Gasteiger charge is -2.08. The molecule has 0 aliphatic rings. The van der Waals surface area contributed by atoms with Crippen LogP contribution < -0.4 is 10.1 Å². The summed E-state index contributed by atoms with van der Waals surface area (Å²) in [6.07, 6.45) is 2.87. The average Bonchev–Trinajstić information content (AvgIpc) is 2.83. The summed E-state index contributed by atoms with van der Waals surface area (Å²) >= 11 is 0. The molecule has 2 rings (SSSR count). The van der Waals surface area contributed by atoms with Crippen molar-refractivity contribution in [3.8, 4) is 5.75 Å². The van der Waals surface area contributed by atoms with Crippen molar-refractivity contribution < 1.29 is 9.53 Å². The van der Waals surface area contributed by atoms with E-state index < -0.39 is 0 Å².